The Kier molecular flexibility index (Phi) is 11.8. The molecule has 0 fully saturated rings. The summed E-state index contributed by atoms with van der Waals surface area (Å²) in [5.74, 6) is 0.588. The van der Waals surface area contributed by atoms with Gasteiger partial charge in [0.1, 0.15) is 5.75 Å². The van der Waals surface area contributed by atoms with Crippen LogP contribution in [-0.4, -0.2) is 5.11 Å². The second-order valence-electron chi connectivity index (χ2n) is 6.72. The summed E-state index contributed by atoms with van der Waals surface area (Å²) in [5, 5.41) is 10.6. The zero-order chi connectivity index (χ0) is 16.9. The number of hydrogen-bond donors (Lipinski definition) is 1. The molecule has 0 heterocycles. The van der Waals surface area contributed by atoms with Crippen LogP contribution in [-0.2, 0) is 17.3 Å². The molecule has 0 spiro atoms. The third-order valence-corrected chi connectivity index (χ3v) is 5.46. The zero-order valence-corrected chi connectivity index (χ0v) is 17.3. The molecule has 0 saturated heterocycles. The van der Waals surface area contributed by atoms with Crippen molar-refractivity contribution in [3.63, 3.8) is 0 Å². The van der Waals surface area contributed by atoms with E-state index in [9.17, 15) is 5.11 Å². The van der Waals surface area contributed by atoms with Crippen LogP contribution >= 0.6 is 22.6 Å². The van der Waals surface area contributed by atoms with Gasteiger partial charge in [-0.05, 0) is 42.4 Å². The Hall–Kier alpha value is -0.250. The van der Waals surface area contributed by atoms with Crippen LogP contribution in [0.5, 0.6) is 5.75 Å². The highest BCUT2D eigenvalue weighted by Gasteiger charge is 2.10. The highest BCUT2D eigenvalue weighted by Crippen LogP contribution is 2.29. The topological polar surface area (TPSA) is 20.2 Å². The molecule has 0 atom stereocenters. The van der Waals surface area contributed by atoms with Crippen LogP contribution in [0.2, 0.25) is 0 Å². The molecule has 0 amide bonds. The second kappa shape index (κ2) is 13.1. The van der Waals surface area contributed by atoms with Crippen LogP contribution in [0.1, 0.15) is 94.7 Å². The van der Waals surface area contributed by atoms with Gasteiger partial charge in [0.2, 0.25) is 0 Å². The molecule has 0 aliphatic rings. The number of unbranched alkanes of at least 4 members (excludes halogenated alkanes) is 8. The highest BCUT2D eigenvalue weighted by molar-refractivity contribution is 14.1. The molecule has 23 heavy (non-hydrogen) atoms. The molecule has 1 rings (SSSR count). The number of phenolic OH excluding ortho intramolecular Hbond substituents is 1. The Morgan fingerprint density at radius 3 is 1.57 bits per heavy atom. The molecule has 0 unspecified atom stereocenters. The number of alkyl halides is 1. The fraction of sp³-hybridized carbons (Fsp3) is 0.714. The molecule has 1 aromatic carbocycles. The first-order valence-electron chi connectivity index (χ1n) is 9.62. The molecule has 1 nitrogen and oxygen atoms in total. The van der Waals surface area contributed by atoms with E-state index in [0.29, 0.717) is 5.75 Å². The Morgan fingerprint density at radius 2 is 1.17 bits per heavy atom. The number of halogens is 1. The number of rotatable bonds is 13. The zero-order valence-electron chi connectivity index (χ0n) is 15.2. The number of aryl methyl sites for hydroxylation is 2. The van der Waals surface area contributed by atoms with Gasteiger partial charge in [0, 0.05) is 4.43 Å². The maximum atomic E-state index is 10.6. The summed E-state index contributed by atoms with van der Waals surface area (Å²) < 4.78 is 1.03. The Morgan fingerprint density at radius 1 is 0.739 bits per heavy atom. The lowest BCUT2D eigenvalue weighted by Gasteiger charge is -2.13. The van der Waals surface area contributed by atoms with Crippen molar-refractivity contribution in [2.45, 2.75) is 95.3 Å². The van der Waals surface area contributed by atoms with E-state index in [-0.39, 0.29) is 0 Å². The summed E-state index contributed by atoms with van der Waals surface area (Å²) in [6.45, 7) is 4.50. The lowest BCUT2D eigenvalue weighted by molar-refractivity contribution is 0.457. The van der Waals surface area contributed by atoms with Gasteiger partial charge in [0.05, 0.1) is 0 Å². The van der Waals surface area contributed by atoms with Crippen molar-refractivity contribution in [1.82, 2.24) is 0 Å². The maximum absolute atomic E-state index is 10.6. The molecule has 0 bridgehead atoms. The van der Waals surface area contributed by atoms with E-state index in [0.717, 1.165) is 17.3 Å². The minimum Gasteiger partial charge on any atom is -0.507 e. The van der Waals surface area contributed by atoms with Crippen LogP contribution in [0, 0.1) is 0 Å². The summed E-state index contributed by atoms with van der Waals surface area (Å²) in [6, 6.07) is 4.45. The fourth-order valence-electron chi connectivity index (χ4n) is 3.13. The van der Waals surface area contributed by atoms with E-state index in [4.69, 9.17) is 0 Å². The summed E-state index contributed by atoms with van der Waals surface area (Å²) in [4.78, 5) is 0. The lowest BCUT2D eigenvalue weighted by atomic mass is 9.96. The van der Waals surface area contributed by atoms with Crippen LogP contribution < -0.4 is 0 Å². The predicted molar refractivity (Wildman–Crippen MR) is 111 cm³/mol. The van der Waals surface area contributed by atoms with Crippen molar-refractivity contribution in [1.29, 1.82) is 0 Å². The summed E-state index contributed by atoms with van der Waals surface area (Å²) in [7, 11) is 0. The molecule has 0 radical (unpaired) electrons. The largest absolute Gasteiger partial charge is 0.507 e. The van der Waals surface area contributed by atoms with Gasteiger partial charge in [-0.1, -0.05) is 99.9 Å². The number of benzene rings is 1. The number of phenols is 1. The van der Waals surface area contributed by atoms with Crippen LogP contribution in [0.15, 0.2) is 12.1 Å². The van der Waals surface area contributed by atoms with Gasteiger partial charge in [-0.15, -0.1) is 0 Å². The predicted octanol–water partition coefficient (Wildman–Crippen LogP) is 7.35. The molecule has 1 aromatic rings. The monoisotopic (exact) mass is 430 g/mol. The first-order valence-corrected chi connectivity index (χ1v) is 11.1. The van der Waals surface area contributed by atoms with Crippen molar-refractivity contribution < 1.29 is 5.11 Å². The highest BCUT2D eigenvalue weighted by atomic mass is 127. The molecule has 2 heteroatoms. The third-order valence-electron chi connectivity index (χ3n) is 4.58. The summed E-state index contributed by atoms with van der Waals surface area (Å²) in [5.41, 5.74) is 3.73. The standard InChI is InChI=1S/C21H35IO/c1-3-5-7-9-11-13-19-15-18(17-22)16-20(21(19)23)14-12-10-8-6-4-2/h15-16,23H,3-14,17H2,1-2H3. The normalized spacial score (nSPS) is 11.1. The van der Waals surface area contributed by atoms with E-state index in [1.165, 1.54) is 80.9 Å². The maximum Gasteiger partial charge on any atom is 0.121 e. The van der Waals surface area contributed by atoms with E-state index >= 15 is 0 Å². The van der Waals surface area contributed by atoms with E-state index in [1.807, 2.05) is 0 Å². The molecular formula is C21H35IO. The SMILES string of the molecule is CCCCCCCc1cc(CI)cc(CCCCCCC)c1O. The van der Waals surface area contributed by atoms with Gasteiger partial charge in [-0.25, -0.2) is 0 Å². The van der Waals surface area contributed by atoms with Gasteiger partial charge in [0.25, 0.3) is 0 Å². The van der Waals surface area contributed by atoms with Crippen molar-refractivity contribution in [2.75, 3.05) is 0 Å². The lowest BCUT2D eigenvalue weighted by Crippen LogP contribution is -1.96. The Bertz CT molecular complexity index is 393. The summed E-state index contributed by atoms with van der Waals surface area (Å²) >= 11 is 2.43. The number of aromatic hydroxyl groups is 1. The van der Waals surface area contributed by atoms with Crippen LogP contribution in [0.4, 0.5) is 0 Å². The van der Waals surface area contributed by atoms with E-state index in [2.05, 4.69) is 48.6 Å². The Balaban J connectivity index is 2.57. The minimum absolute atomic E-state index is 0.588. The molecule has 0 aliphatic carbocycles. The molecule has 0 aliphatic heterocycles. The summed E-state index contributed by atoms with van der Waals surface area (Å²) in [6.07, 6.45) is 14.9. The van der Waals surface area contributed by atoms with Crippen LogP contribution in [0.25, 0.3) is 0 Å². The van der Waals surface area contributed by atoms with Gasteiger partial charge in [-0.2, -0.15) is 0 Å². The molecule has 132 valence electrons. The average molecular weight is 430 g/mol. The third kappa shape index (κ3) is 8.42. The van der Waals surface area contributed by atoms with Gasteiger partial charge in [-0.3, -0.25) is 0 Å². The first-order chi connectivity index (χ1) is 11.2. The van der Waals surface area contributed by atoms with Crippen molar-refractivity contribution in [3.05, 3.63) is 28.8 Å². The van der Waals surface area contributed by atoms with Gasteiger partial charge >= 0.3 is 0 Å². The smallest absolute Gasteiger partial charge is 0.121 e. The molecule has 0 aromatic heterocycles. The van der Waals surface area contributed by atoms with Crippen molar-refractivity contribution in [3.8, 4) is 5.75 Å². The average Bonchev–Trinajstić information content (AvgIpc) is 2.57. The van der Waals surface area contributed by atoms with Crippen molar-refractivity contribution >= 4 is 22.6 Å². The van der Waals surface area contributed by atoms with Gasteiger partial charge in [0.15, 0.2) is 0 Å². The van der Waals surface area contributed by atoms with Gasteiger partial charge < -0.3 is 5.11 Å². The minimum atomic E-state index is 0.588. The molecule has 0 saturated carbocycles. The first kappa shape index (κ1) is 20.8. The van der Waals surface area contributed by atoms with Crippen molar-refractivity contribution in [2.24, 2.45) is 0 Å². The molecular weight excluding hydrogens is 395 g/mol. The molecule has 1 N–H and O–H groups in total. The Labute approximate surface area is 157 Å². The number of hydrogen-bond acceptors (Lipinski definition) is 1. The van der Waals surface area contributed by atoms with Crippen LogP contribution in [0.3, 0.4) is 0 Å². The van der Waals surface area contributed by atoms with E-state index in [1.54, 1.807) is 0 Å². The second-order valence-corrected chi connectivity index (χ2v) is 7.49. The quantitative estimate of drug-likeness (QED) is 0.197. The fourth-order valence-corrected chi connectivity index (χ4v) is 3.57. The van der Waals surface area contributed by atoms with E-state index < -0.39 is 0 Å².